The van der Waals surface area contributed by atoms with Crippen molar-refractivity contribution in [3.63, 3.8) is 0 Å². The largest absolute Gasteiger partial charge is 0.390 e. The molecule has 0 fully saturated rings. The van der Waals surface area contributed by atoms with E-state index in [2.05, 4.69) is 0 Å². The van der Waals surface area contributed by atoms with Crippen LogP contribution in [0, 0.1) is 0 Å². The molecule has 0 aromatic heterocycles. The maximum atomic E-state index is 9.65. The van der Waals surface area contributed by atoms with E-state index in [4.69, 9.17) is 9.47 Å². The monoisotopic (exact) mass is 238 g/mol. The van der Waals surface area contributed by atoms with Crippen LogP contribution in [0.15, 0.2) is 30.3 Å². The van der Waals surface area contributed by atoms with Crippen molar-refractivity contribution in [1.29, 1.82) is 0 Å². The number of methoxy groups -OCH3 is 1. The molecule has 0 bridgehead atoms. The van der Waals surface area contributed by atoms with Gasteiger partial charge in [0.05, 0.1) is 18.8 Å². The van der Waals surface area contributed by atoms with Gasteiger partial charge in [-0.25, -0.2) is 0 Å². The minimum absolute atomic E-state index is 0.129. The fraction of sp³-hybridized carbons (Fsp3) is 0.571. The van der Waals surface area contributed by atoms with Crippen molar-refractivity contribution in [3.05, 3.63) is 35.9 Å². The molecule has 0 aliphatic heterocycles. The molecule has 0 aliphatic rings. The van der Waals surface area contributed by atoms with E-state index < -0.39 is 6.10 Å². The maximum Gasteiger partial charge on any atom is 0.0851 e. The molecule has 0 saturated heterocycles. The molecule has 0 spiro atoms. The summed E-state index contributed by atoms with van der Waals surface area (Å²) in [4.78, 5) is 0. The van der Waals surface area contributed by atoms with Crippen LogP contribution in [0.25, 0.3) is 0 Å². The molecule has 1 aromatic rings. The van der Waals surface area contributed by atoms with Gasteiger partial charge < -0.3 is 14.6 Å². The summed E-state index contributed by atoms with van der Waals surface area (Å²) in [6.45, 7) is 3.16. The second-order valence-electron chi connectivity index (χ2n) is 4.08. The Bertz CT molecular complexity index is 287. The molecule has 1 aromatic carbocycles. The van der Waals surface area contributed by atoms with E-state index in [1.807, 2.05) is 37.3 Å². The van der Waals surface area contributed by atoms with E-state index >= 15 is 0 Å². The summed E-state index contributed by atoms with van der Waals surface area (Å²) < 4.78 is 10.8. The molecular formula is C14H22O3. The molecule has 1 rings (SSSR count). The molecule has 0 saturated carbocycles. The first-order valence-corrected chi connectivity index (χ1v) is 6.10. The minimum Gasteiger partial charge on any atom is -0.390 e. The van der Waals surface area contributed by atoms with Crippen LogP contribution in [0.4, 0.5) is 0 Å². The summed E-state index contributed by atoms with van der Waals surface area (Å²) in [5.74, 6) is 0. The number of ether oxygens (including phenoxy) is 2. The second-order valence-corrected chi connectivity index (χ2v) is 4.08. The maximum absolute atomic E-state index is 9.65. The third-order valence-corrected chi connectivity index (χ3v) is 2.81. The van der Waals surface area contributed by atoms with Crippen LogP contribution in [-0.4, -0.2) is 31.0 Å². The average Bonchev–Trinajstić information content (AvgIpc) is 2.39. The van der Waals surface area contributed by atoms with Gasteiger partial charge in [-0.15, -0.1) is 0 Å². The van der Waals surface area contributed by atoms with E-state index in [9.17, 15) is 5.11 Å². The Kier molecular flexibility index (Phi) is 6.86. The highest BCUT2D eigenvalue weighted by molar-refractivity contribution is 5.13. The van der Waals surface area contributed by atoms with Crippen LogP contribution >= 0.6 is 0 Å². The summed E-state index contributed by atoms with van der Waals surface area (Å²) in [5, 5.41) is 9.65. The lowest BCUT2D eigenvalue weighted by Gasteiger charge is -2.20. The van der Waals surface area contributed by atoms with Gasteiger partial charge in [-0.2, -0.15) is 0 Å². The molecule has 17 heavy (non-hydrogen) atoms. The van der Waals surface area contributed by atoms with Crippen LogP contribution in [0.1, 0.15) is 25.3 Å². The van der Waals surface area contributed by atoms with Gasteiger partial charge in [-0.05, 0) is 18.4 Å². The molecule has 0 unspecified atom stereocenters. The number of hydrogen-bond donors (Lipinski definition) is 1. The zero-order valence-electron chi connectivity index (χ0n) is 10.6. The lowest BCUT2D eigenvalue weighted by molar-refractivity contribution is -0.0336. The van der Waals surface area contributed by atoms with Crippen molar-refractivity contribution in [2.24, 2.45) is 0 Å². The molecule has 2 atom stereocenters. The molecule has 0 heterocycles. The summed E-state index contributed by atoms with van der Waals surface area (Å²) in [5.41, 5.74) is 1.16. The van der Waals surface area contributed by atoms with Gasteiger partial charge in [-0.3, -0.25) is 0 Å². The number of aliphatic hydroxyl groups is 1. The van der Waals surface area contributed by atoms with Crippen LogP contribution in [-0.2, 0) is 16.1 Å². The number of hydrogen-bond acceptors (Lipinski definition) is 3. The van der Waals surface area contributed by atoms with E-state index in [0.717, 1.165) is 12.0 Å². The van der Waals surface area contributed by atoms with Gasteiger partial charge in [0.1, 0.15) is 0 Å². The smallest absolute Gasteiger partial charge is 0.0851 e. The van der Waals surface area contributed by atoms with E-state index in [0.29, 0.717) is 19.6 Å². The van der Waals surface area contributed by atoms with Crippen LogP contribution in [0.2, 0.25) is 0 Å². The summed E-state index contributed by atoms with van der Waals surface area (Å²) >= 11 is 0. The normalized spacial score (nSPS) is 14.5. The first-order chi connectivity index (χ1) is 8.27. The quantitative estimate of drug-likeness (QED) is 0.707. The highest BCUT2D eigenvalue weighted by atomic mass is 16.5. The third-order valence-electron chi connectivity index (χ3n) is 2.81. The Balaban J connectivity index is 2.19. The zero-order chi connectivity index (χ0) is 12.5. The molecule has 3 nitrogen and oxygen atoms in total. The first-order valence-electron chi connectivity index (χ1n) is 6.10. The number of rotatable bonds is 8. The molecular weight excluding hydrogens is 216 g/mol. The standard InChI is InChI=1S/C14H22O3/c1-3-13(15)14(16-2)9-10-17-11-12-7-5-4-6-8-12/h4-8,13-15H,3,9-11H2,1-2H3/t13-,14+/m0/s1. The molecule has 0 aliphatic carbocycles. The van der Waals surface area contributed by atoms with Gasteiger partial charge in [-0.1, -0.05) is 37.3 Å². The SMILES string of the molecule is CC[C@H](O)[C@@H](CCOCc1ccccc1)OC. The minimum atomic E-state index is -0.402. The molecule has 96 valence electrons. The van der Waals surface area contributed by atoms with E-state index in [-0.39, 0.29) is 6.10 Å². The fourth-order valence-electron chi connectivity index (χ4n) is 1.69. The predicted octanol–water partition coefficient (Wildman–Crippen LogP) is 2.38. The topological polar surface area (TPSA) is 38.7 Å². The summed E-state index contributed by atoms with van der Waals surface area (Å²) in [6, 6.07) is 10.1. The van der Waals surface area contributed by atoms with Crippen LogP contribution in [0.3, 0.4) is 0 Å². The van der Waals surface area contributed by atoms with Crippen molar-refractivity contribution >= 4 is 0 Å². The van der Waals surface area contributed by atoms with Crippen molar-refractivity contribution in [2.75, 3.05) is 13.7 Å². The van der Waals surface area contributed by atoms with Gasteiger partial charge in [0, 0.05) is 13.7 Å². The van der Waals surface area contributed by atoms with Gasteiger partial charge in [0.25, 0.3) is 0 Å². The highest BCUT2D eigenvalue weighted by Gasteiger charge is 2.16. The highest BCUT2D eigenvalue weighted by Crippen LogP contribution is 2.08. The van der Waals surface area contributed by atoms with Gasteiger partial charge >= 0.3 is 0 Å². The predicted molar refractivity (Wildman–Crippen MR) is 67.8 cm³/mol. The molecule has 3 heteroatoms. The molecule has 1 N–H and O–H groups in total. The Morgan fingerprint density at radius 1 is 1.24 bits per heavy atom. The van der Waals surface area contributed by atoms with Crippen molar-refractivity contribution in [2.45, 2.75) is 38.6 Å². The van der Waals surface area contributed by atoms with Gasteiger partial charge in [0.2, 0.25) is 0 Å². The Labute approximate surface area is 103 Å². The van der Waals surface area contributed by atoms with Crippen LogP contribution < -0.4 is 0 Å². The average molecular weight is 238 g/mol. The fourth-order valence-corrected chi connectivity index (χ4v) is 1.69. The third kappa shape index (κ3) is 5.31. The van der Waals surface area contributed by atoms with Crippen molar-refractivity contribution < 1.29 is 14.6 Å². The van der Waals surface area contributed by atoms with Crippen LogP contribution in [0.5, 0.6) is 0 Å². The summed E-state index contributed by atoms with van der Waals surface area (Å²) in [7, 11) is 1.63. The van der Waals surface area contributed by atoms with Crippen molar-refractivity contribution in [3.8, 4) is 0 Å². The van der Waals surface area contributed by atoms with E-state index in [1.54, 1.807) is 7.11 Å². The Morgan fingerprint density at radius 3 is 2.53 bits per heavy atom. The Morgan fingerprint density at radius 2 is 1.94 bits per heavy atom. The van der Waals surface area contributed by atoms with E-state index in [1.165, 1.54) is 0 Å². The lowest BCUT2D eigenvalue weighted by atomic mass is 10.1. The Hall–Kier alpha value is -0.900. The first kappa shape index (κ1) is 14.2. The lowest BCUT2D eigenvalue weighted by Crippen LogP contribution is -2.28. The number of benzene rings is 1. The molecule has 0 amide bonds. The zero-order valence-corrected chi connectivity index (χ0v) is 10.6. The number of aliphatic hydroxyl groups excluding tert-OH is 1. The second kappa shape index (κ2) is 8.23. The summed E-state index contributed by atoms with van der Waals surface area (Å²) in [6.07, 6.45) is 0.895. The molecule has 0 radical (unpaired) electrons. The van der Waals surface area contributed by atoms with Crippen molar-refractivity contribution in [1.82, 2.24) is 0 Å². The van der Waals surface area contributed by atoms with Gasteiger partial charge in [0.15, 0.2) is 0 Å².